The first-order valence-corrected chi connectivity index (χ1v) is 7.09. The first-order chi connectivity index (χ1) is 9.45. The van der Waals surface area contributed by atoms with Crippen LogP contribution in [-0.2, 0) is 4.79 Å². The van der Waals surface area contributed by atoms with E-state index in [-0.39, 0.29) is 6.04 Å². The van der Waals surface area contributed by atoms with Gasteiger partial charge >= 0.3 is 5.97 Å². The summed E-state index contributed by atoms with van der Waals surface area (Å²) < 4.78 is 0.829. The first kappa shape index (κ1) is 16.3. The molecule has 1 aromatic carbocycles. The largest absolute Gasteiger partial charge is 0.478 e. The Balaban J connectivity index is 3.00. The van der Waals surface area contributed by atoms with Crippen LogP contribution in [0.1, 0.15) is 25.8 Å². The number of rotatable bonds is 6. The minimum atomic E-state index is -0.973. The molecule has 1 aromatic rings. The van der Waals surface area contributed by atoms with Crippen LogP contribution < -0.4 is 4.90 Å². The quantitative estimate of drug-likeness (QED) is 0.805. The van der Waals surface area contributed by atoms with Crippen molar-refractivity contribution < 1.29 is 9.90 Å². The van der Waals surface area contributed by atoms with Crippen molar-refractivity contribution in [1.82, 2.24) is 0 Å². The van der Waals surface area contributed by atoms with Crippen LogP contribution in [0.25, 0.3) is 6.08 Å². The lowest BCUT2D eigenvalue weighted by Crippen LogP contribution is -2.31. The molecule has 0 aromatic heterocycles. The second-order valence-corrected chi connectivity index (χ2v) is 5.43. The molecular weight excluding hydrogens is 320 g/mol. The van der Waals surface area contributed by atoms with Gasteiger partial charge in [0.1, 0.15) is 0 Å². The maximum atomic E-state index is 10.5. The number of carbonyl (C=O) groups is 1. The third-order valence-corrected chi connectivity index (χ3v) is 3.50. The van der Waals surface area contributed by atoms with E-state index in [0.717, 1.165) is 21.8 Å². The van der Waals surface area contributed by atoms with E-state index in [2.05, 4.69) is 40.7 Å². The molecule has 0 atom stereocenters. The molecule has 0 aliphatic carbocycles. The van der Waals surface area contributed by atoms with Gasteiger partial charge in [-0.15, -0.1) is 0 Å². The molecule has 0 aliphatic rings. The van der Waals surface area contributed by atoms with Gasteiger partial charge in [0.15, 0.2) is 0 Å². The Kier molecular flexibility index (Phi) is 6.26. The topological polar surface area (TPSA) is 64.3 Å². The Morgan fingerprint density at radius 1 is 1.55 bits per heavy atom. The summed E-state index contributed by atoms with van der Waals surface area (Å²) in [6.07, 6.45) is 3.12. The molecule has 0 heterocycles. The number of aliphatic carboxylic acids is 1. The van der Waals surface area contributed by atoms with Gasteiger partial charge in [0, 0.05) is 28.8 Å². The molecule has 0 fully saturated rings. The summed E-state index contributed by atoms with van der Waals surface area (Å²) in [5.74, 6) is -0.973. The highest BCUT2D eigenvalue weighted by atomic mass is 79.9. The number of hydrogen-bond donors (Lipinski definition) is 1. The molecule has 0 unspecified atom stereocenters. The number of hydrogen-bond acceptors (Lipinski definition) is 3. The van der Waals surface area contributed by atoms with Gasteiger partial charge in [-0.25, -0.2) is 4.79 Å². The first-order valence-electron chi connectivity index (χ1n) is 6.30. The summed E-state index contributed by atoms with van der Waals surface area (Å²) in [5, 5.41) is 17.4. The van der Waals surface area contributed by atoms with E-state index in [9.17, 15) is 4.79 Å². The Hall–Kier alpha value is -1.80. The van der Waals surface area contributed by atoms with Crippen LogP contribution in [0.2, 0.25) is 0 Å². The van der Waals surface area contributed by atoms with Gasteiger partial charge in [-0.05, 0) is 37.6 Å². The lowest BCUT2D eigenvalue weighted by molar-refractivity contribution is -0.131. The standard InChI is InChI=1S/C15H17BrN2O2/c1-11(2)18(9-3-8-17)13-6-4-12(14(16)10-13)5-7-15(19)20/h4-7,10-11H,3,9H2,1-2H3,(H,19,20)/b7-5+. The van der Waals surface area contributed by atoms with Gasteiger partial charge in [0.2, 0.25) is 0 Å². The smallest absolute Gasteiger partial charge is 0.328 e. The van der Waals surface area contributed by atoms with Crippen LogP contribution in [0.3, 0.4) is 0 Å². The van der Waals surface area contributed by atoms with Gasteiger partial charge in [-0.3, -0.25) is 0 Å². The number of anilines is 1. The Morgan fingerprint density at radius 2 is 2.25 bits per heavy atom. The molecule has 0 spiro atoms. The van der Waals surface area contributed by atoms with Crippen LogP contribution in [0, 0.1) is 11.3 Å². The van der Waals surface area contributed by atoms with E-state index in [0.29, 0.717) is 13.0 Å². The van der Waals surface area contributed by atoms with Crippen LogP contribution in [0.15, 0.2) is 28.7 Å². The van der Waals surface area contributed by atoms with Crippen molar-refractivity contribution in [2.45, 2.75) is 26.3 Å². The molecule has 106 valence electrons. The number of nitrogens with zero attached hydrogens (tertiary/aromatic N) is 2. The van der Waals surface area contributed by atoms with Gasteiger partial charge in [0.05, 0.1) is 12.5 Å². The molecule has 0 aliphatic heterocycles. The Bertz CT molecular complexity index is 547. The molecule has 0 radical (unpaired) electrons. The van der Waals surface area contributed by atoms with E-state index < -0.39 is 5.97 Å². The molecule has 0 saturated carbocycles. The summed E-state index contributed by atoms with van der Waals surface area (Å²) in [7, 11) is 0. The fraction of sp³-hybridized carbons (Fsp3) is 0.333. The van der Waals surface area contributed by atoms with Gasteiger partial charge in [-0.1, -0.05) is 22.0 Å². The van der Waals surface area contributed by atoms with Gasteiger partial charge < -0.3 is 10.0 Å². The zero-order valence-corrected chi connectivity index (χ0v) is 13.1. The highest BCUT2D eigenvalue weighted by Gasteiger charge is 2.11. The van der Waals surface area contributed by atoms with Crippen LogP contribution in [-0.4, -0.2) is 23.7 Å². The van der Waals surface area contributed by atoms with Crippen molar-refractivity contribution in [3.05, 3.63) is 34.3 Å². The number of carboxylic acid groups (broad SMARTS) is 1. The monoisotopic (exact) mass is 336 g/mol. The van der Waals surface area contributed by atoms with Crippen LogP contribution in [0.5, 0.6) is 0 Å². The summed E-state index contributed by atoms with van der Waals surface area (Å²) in [6, 6.07) is 8.18. The summed E-state index contributed by atoms with van der Waals surface area (Å²) in [6.45, 7) is 4.82. The molecule has 1 rings (SSSR count). The highest BCUT2D eigenvalue weighted by Crippen LogP contribution is 2.26. The third kappa shape index (κ3) is 4.71. The van der Waals surface area contributed by atoms with E-state index in [4.69, 9.17) is 10.4 Å². The maximum absolute atomic E-state index is 10.5. The summed E-state index contributed by atoms with van der Waals surface area (Å²) in [4.78, 5) is 12.7. The fourth-order valence-electron chi connectivity index (χ4n) is 1.85. The predicted octanol–water partition coefficient (Wildman–Crippen LogP) is 3.68. The molecule has 0 bridgehead atoms. The molecule has 20 heavy (non-hydrogen) atoms. The fourth-order valence-corrected chi connectivity index (χ4v) is 2.35. The van der Waals surface area contributed by atoms with Gasteiger partial charge in [-0.2, -0.15) is 5.26 Å². The molecule has 0 saturated heterocycles. The summed E-state index contributed by atoms with van der Waals surface area (Å²) in [5.41, 5.74) is 1.81. The average Bonchev–Trinajstić information content (AvgIpc) is 2.37. The second kappa shape index (κ2) is 7.71. The van der Waals surface area contributed by atoms with Crippen molar-refractivity contribution in [3.8, 4) is 6.07 Å². The van der Waals surface area contributed by atoms with E-state index in [1.54, 1.807) is 6.08 Å². The van der Waals surface area contributed by atoms with Crippen molar-refractivity contribution in [2.75, 3.05) is 11.4 Å². The van der Waals surface area contributed by atoms with Crippen LogP contribution >= 0.6 is 15.9 Å². The Labute approximate surface area is 127 Å². The van der Waals surface area contributed by atoms with E-state index in [1.165, 1.54) is 0 Å². The highest BCUT2D eigenvalue weighted by molar-refractivity contribution is 9.10. The van der Waals surface area contributed by atoms with Crippen LogP contribution in [0.4, 0.5) is 5.69 Å². The number of halogens is 1. The van der Waals surface area contributed by atoms with Crippen molar-refractivity contribution in [3.63, 3.8) is 0 Å². The van der Waals surface area contributed by atoms with E-state index >= 15 is 0 Å². The summed E-state index contributed by atoms with van der Waals surface area (Å²) >= 11 is 3.45. The van der Waals surface area contributed by atoms with Crippen molar-refractivity contribution in [1.29, 1.82) is 5.26 Å². The molecule has 5 heteroatoms. The average molecular weight is 337 g/mol. The predicted molar refractivity (Wildman–Crippen MR) is 83.5 cm³/mol. The number of carboxylic acids is 1. The minimum absolute atomic E-state index is 0.288. The molecule has 0 amide bonds. The van der Waals surface area contributed by atoms with Crippen molar-refractivity contribution in [2.24, 2.45) is 0 Å². The Morgan fingerprint density at radius 3 is 2.75 bits per heavy atom. The number of benzene rings is 1. The maximum Gasteiger partial charge on any atom is 0.328 e. The zero-order chi connectivity index (χ0) is 15.1. The lowest BCUT2D eigenvalue weighted by Gasteiger charge is -2.28. The normalized spacial score (nSPS) is 10.8. The van der Waals surface area contributed by atoms with Crippen molar-refractivity contribution >= 4 is 33.7 Å². The molecular formula is C15H17BrN2O2. The number of nitriles is 1. The zero-order valence-electron chi connectivity index (χ0n) is 11.5. The molecule has 1 N–H and O–H groups in total. The lowest BCUT2D eigenvalue weighted by atomic mass is 10.1. The SMILES string of the molecule is CC(C)N(CCC#N)c1ccc(/C=C/C(=O)O)c(Br)c1. The van der Waals surface area contributed by atoms with Gasteiger partial charge in [0.25, 0.3) is 0 Å². The second-order valence-electron chi connectivity index (χ2n) is 4.57. The molecule has 4 nitrogen and oxygen atoms in total. The third-order valence-electron chi connectivity index (χ3n) is 2.81. The minimum Gasteiger partial charge on any atom is -0.478 e. The van der Waals surface area contributed by atoms with E-state index in [1.807, 2.05) is 18.2 Å².